The number of carbonyl (C=O) groups excluding carboxylic acids is 1. The average Bonchev–Trinajstić information content (AvgIpc) is 2.89. The Hall–Kier alpha value is -3.52. The quantitative estimate of drug-likeness (QED) is 0.604. The number of imidazole rings is 1. The highest BCUT2D eigenvalue weighted by molar-refractivity contribution is 5.90. The summed E-state index contributed by atoms with van der Waals surface area (Å²) in [6, 6.07) is 6.78. The molecule has 0 atom stereocenters. The SMILES string of the molecule is COC(=O)c1ccc2nc3nc(C#N)c(C#N)nc3n2c1. The topological polar surface area (TPSA) is 117 Å². The summed E-state index contributed by atoms with van der Waals surface area (Å²) in [5.41, 5.74) is 1.17. The van der Waals surface area contributed by atoms with Crippen LogP contribution in [-0.2, 0) is 4.74 Å². The Balaban J connectivity index is 2.37. The minimum atomic E-state index is -0.499. The maximum absolute atomic E-state index is 11.6. The van der Waals surface area contributed by atoms with Crippen molar-refractivity contribution in [3.8, 4) is 12.1 Å². The second-order valence-corrected chi connectivity index (χ2v) is 4.04. The zero-order valence-corrected chi connectivity index (χ0v) is 10.7. The Bertz CT molecular complexity index is 976. The Morgan fingerprint density at radius 2 is 1.90 bits per heavy atom. The van der Waals surface area contributed by atoms with Gasteiger partial charge in [-0.3, -0.25) is 4.40 Å². The predicted octanol–water partition coefficient (Wildman–Crippen LogP) is 0.807. The number of carbonyl (C=O) groups is 1. The monoisotopic (exact) mass is 278 g/mol. The first-order chi connectivity index (χ1) is 10.2. The molecule has 0 aliphatic carbocycles. The molecule has 0 fully saturated rings. The van der Waals surface area contributed by atoms with E-state index in [1.165, 1.54) is 17.7 Å². The normalized spacial score (nSPS) is 10.2. The fraction of sp³-hybridized carbons (Fsp3) is 0.0769. The number of nitriles is 2. The zero-order chi connectivity index (χ0) is 15.0. The van der Waals surface area contributed by atoms with Gasteiger partial charge >= 0.3 is 5.97 Å². The molecule has 3 aromatic heterocycles. The summed E-state index contributed by atoms with van der Waals surface area (Å²) in [5, 5.41) is 17.9. The number of hydrogen-bond donors (Lipinski definition) is 0. The van der Waals surface area contributed by atoms with Crippen molar-refractivity contribution in [3.63, 3.8) is 0 Å². The van der Waals surface area contributed by atoms with Gasteiger partial charge in [-0.05, 0) is 12.1 Å². The lowest BCUT2D eigenvalue weighted by molar-refractivity contribution is 0.0600. The number of pyridine rings is 1. The lowest BCUT2D eigenvalue weighted by Crippen LogP contribution is -2.03. The van der Waals surface area contributed by atoms with Gasteiger partial charge in [0.25, 0.3) is 0 Å². The molecule has 0 amide bonds. The molecule has 0 aromatic carbocycles. The van der Waals surface area contributed by atoms with Crippen LogP contribution in [0.25, 0.3) is 16.9 Å². The van der Waals surface area contributed by atoms with Crippen LogP contribution in [-0.4, -0.2) is 32.4 Å². The standard InChI is InChI=1S/C13H6N6O2/c1-21-13(20)7-2-3-10-18-11-12(19(10)6-7)17-9(5-15)8(4-14)16-11/h2-3,6H,1H3. The van der Waals surface area contributed by atoms with E-state index >= 15 is 0 Å². The van der Waals surface area contributed by atoms with Gasteiger partial charge in [-0.25, -0.2) is 19.7 Å². The molecule has 0 radical (unpaired) electrons. The molecule has 3 rings (SSSR count). The number of hydrogen-bond acceptors (Lipinski definition) is 7. The van der Waals surface area contributed by atoms with Crippen LogP contribution >= 0.6 is 0 Å². The van der Waals surface area contributed by atoms with Crippen LogP contribution < -0.4 is 0 Å². The Kier molecular flexibility index (Phi) is 2.71. The van der Waals surface area contributed by atoms with Gasteiger partial charge in [-0.2, -0.15) is 10.5 Å². The first-order valence-electron chi connectivity index (χ1n) is 5.76. The van der Waals surface area contributed by atoms with Crippen molar-refractivity contribution < 1.29 is 9.53 Å². The van der Waals surface area contributed by atoms with E-state index in [4.69, 9.17) is 10.5 Å². The van der Waals surface area contributed by atoms with Gasteiger partial charge in [0.05, 0.1) is 12.7 Å². The summed E-state index contributed by atoms with van der Waals surface area (Å²) in [5.74, 6) is -0.499. The molecule has 8 heteroatoms. The molecule has 0 bridgehead atoms. The van der Waals surface area contributed by atoms with E-state index in [1.54, 1.807) is 18.2 Å². The molecule has 0 N–H and O–H groups in total. The van der Waals surface area contributed by atoms with Gasteiger partial charge in [0, 0.05) is 6.20 Å². The lowest BCUT2D eigenvalue weighted by atomic mass is 10.3. The molecular weight excluding hydrogens is 272 g/mol. The number of fused-ring (bicyclic) bond motifs is 3. The van der Waals surface area contributed by atoms with Crippen molar-refractivity contribution in [2.75, 3.05) is 7.11 Å². The van der Waals surface area contributed by atoms with Gasteiger partial charge in [0.2, 0.25) is 0 Å². The second-order valence-electron chi connectivity index (χ2n) is 4.04. The van der Waals surface area contributed by atoms with E-state index < -0.39 is 5.97 Å². The van der Waals surface area contributed by atoms with E-state index in [0.717, 1.165) is 0 Å². The molecule has 0 spiro atoms. The largest absolute Gasteiger partial charge is 0.465 e. The van der Waals surface area contributed by atoms with E-state index in [0.29, 0.717) is 16.9 Å². The molecule has 8 nitrogen and oxygen atoms in total. The molecular formula is C13H6N6O2. The van der Waals surface area contributed by atoms with Crippen LogP contribution in [0.2, 0.25) is 0 Å². The molecule has 0 aliphatic heterocycles. The third-order valence-electron chi connectivity index (χ3n) is 2.87. The van der Waals surface area contributed by atoms with Crippen LogP contribution in [0.5, 0.6) is 0 Å². The highest BCUT2D eigenvalue weighted by Gasteiger charge is 2.15. The smallest absolute Gasteiger partial charge is 0.339 e. The fourth-order valence-electron chi connectivity index (χ4n) is 1.91. The van der Waals surface area contributed by atoms with E-state index in [2.05, 4.69) is 19.7 Å². The first kappa shape index (κ1) is 12.5. The van der Waals surface area contributed by atoms with Crippen LogP contribution in [0.3, 0.4) is 0 Å². The Morgan fingerprint density at radius 3 is 2.57 bits per heavy atom. The predicted molar refractivity (Wildman–Crippen MR) is 69.1 cm³/mol. The van der Waals surface area contributed by atoms with Crippen LogP contribution in [0.1, 0.15) is 21.7 Å². The summed E-state index contributed by atoms with van der Waals surface area (Å²) in [4.78, 5) is 23.8. The van der Waals surface area contributed by atoms with Crippen LogP contribution in [0.15, 0.2) is 18.3 Å². The van der Waals surface area contributed by atoms with Gasteiger partial charge < -0.3 is 4.74 Å². The molecule has 0 aliphatic rings. The summed E-state index contributed by atoms with van der Waals surface area (Å²) in [6.07, 6.45) is 1.50. The van der Waals surface area contributed by atoms with Gasteiger partial charge in [-0.15, -0.1) is 0 Å². The molecule has 3 heterocycles. The number of rotatable bonds is 1. The van der Waals surface area contributed by atoms with Crippen molar-refractivity contribution in [3.05, 3.63) is 35.3 Å². The van der Waals surface area contributed by atoms with Crippen molar-refractivity contribution in [1.29, 1.82) is 10.5 Å². The van der Waals surface area contributed by atoms with E-state index in [9.17, 15) is 4.79 Å². The Morgan fingerprint density at radius 1 is 1.19 bits per heavy atom. The molecule has 21 heavy (non-hydrogen) atoms. The van der Waals surface area contributed by atoms with E-state index in [-0.39, 0.29) is 17.0 Å². The van der Waals surface area contributed by atoms with Gasteiger partial charge in [0.15, 0.2) is 22.7 Å². The number of esters is 1. The van der Waals surface area contributed by atoms with Gasteiger partial charge in [-0.1, -0.05) is 0 Å². The highest BCUT2D eigenvalue weighted by atomic mass is 16.5. The van der Waals surface area contributed by atoms with Crippen molar-refractivity contribution >= 4 is 22.9 Å². The third kappa shape index (κ3) is 1.83. The molecule has 0 saturated carbocycles. The van der Waals surface area contributed by atoms with E-state index in [1.807, 2.05) is 6.07 Å². The maximum atomic E-state index is 11.6. The fourth-order valence-corrected chi connectivity index (χ4v) is 1.91. The summed E-state index contributed by atoms with van der Waals surface area (Å²) in [6.45, 7) is 0. The number of aromatic nitrogens is 4. The number of nitrogens with zero attached hydrogens (tertiary/aromatic N) is 6. The number of methoxy groups -OCH3 is 1. The number of ether oxygens (including phenoxy) is 1. The summed E-state index contributed by atoms with van der Waals surface area (Å²) in [7, 11) is 1.28. The summed E-state index contributed by atoms with van der Waals surface area (Å²) >= 11 is 0. The third-order valence-corrected chi connectivity index (χ3v) is 2.87. The minimum absolute atomic E-state index is 0.0819. The van der Waals surface area contributed by atoms with Crippen molar-refractivity contribution in [2.24, 2.45) is 0 Å². The molecule has 3 aromatic rings. The Labute approximate surface area is 117 Å². The first-order valence-corrected chi connectivity index (χ1v) is 5.76. The minimum Gasteiger partial charge on any atom is -0.465 e. The average molecular weight is 278 g/mol. The van der Waals surface area contributed by atoms with Gasteiger partial charge in [0.1, 0.15) is 17.8 Å². The van der Waals surface area contributed by atoms with Crippen LogP contribution in [0.4, 0.5) is 0 Å². The molecule has 0 unspecified atom stereocenters. The maximum Gasteiger partial charge on any atom is 0.339 e. The zero-order valence-electron chi connectivity index (χ0n) is 10.7. The lowest BCUT2D eigenvalue weighted by Gasteiger charge is -2.00. The summed E-state index contributed by atoms with van der Waals surface area (Å²) < 4.78 is 6.18. The van der Waals surface area contributed by atoms with Crippen molar-refractivity contribution in [1.82, 2.24) is 19.4 Å². The second kappa shape index (κ2) is 4.54. The van der Waals surface area contributed by atoms with Crippen molar-refractivity contribution in [2.45, 2.75) is 0 Å². The van der Waals surface area contributed by atoms with Crippen LogP contribution in [0, 0.1) is 22.7 Å². The highest BCUT2D eigenvalue weighted by Crippen LogP contribution is 2.16. The molecule has 0 saturated heterocycles. The molecule has 100 valence electrons.